The summed E-state index contributed by atoms with van der Waals surface area (Å²) in [6.07, 6.45) is -1.87. The molecule has 0 fully saturated rings. The number of aromatic nitrogens is 3. The van der Waals surface area contributed by atoms with Crippen molar-refractivity contribution in [3.8, 4) is 5.75 Å². The molecule has 10 heteroatoms. The second-order valence-electron chi connectivity index (χ2n) is 6.66. The Morgan fingerprint density at radius 3 is 2.77 bits per heavy atom. The molecule has 1 aromatic carbocycles. The van der Waals surface area contributed by atoms with Crippen LogP contribution in [0.15, 0.2) is 47.6 Å². The Morgan fingerprint density at radius 1 is 1.17 bits per heavy atom. The van der Waals surface area contributed by atoms with Gasteiger partial charge in [-0.1, -0.05) is 18.2 Å². The molecule has 0 aliphatic rings. The molecule has 3 rings (SSSR count). The topological polar surface area (TPSA) is 75.8 Å². The summed E-state index contributed by atoms with van der Waals surface area (Å²) in [7, 11) is 1.62. The molecule has 30 heavy (non-hydrogen) atoms. The molecule has 0 saturated heterocycles. The maximum atomic E-state index is 12.5. The second-order valence-corrected chi connectivity index (χ2v) is 6.66. The summed E-state index contributed by atoms with van der Waals surface area (Å²) in [5.41, 5.74) is 2.20. The van der Waals surface area contributed by atoms with Crippen molar-refractivity contribution in [1.82, 2.24) is 25.2 Å². The van der Waals surface area contributed by atoms with Crippen LogP contribution in [-0.4, -0.2) is 46.9 Å². The minimum absolute atomic E-state index is 0.199. The molecule has 3 aromatic rings. The number of guanidine groups is 1. The first kappa shape index (κ1) is 21.4. The first-order valence-corrected chi connectivity index (χ1v) is 9.38. The number of fused-ring (bicyclic) bond motifs is 1. The number of alkyl halides is 3. The van der Waals surface area contributed by atoms with Gasteiger partial charge in [0.05, 0.1) is 0 Å². The molecular formula is C20H23F3N6O. The molecule has 160 valence electrons. The lowest BCUT2D eigenvalue weighted by Crippen LogP contribution is -2.38. The van der Waals surface area contributed by atoms with Gasteiger partial charge in [0.1, 0.15) is 11.6 Å². The highest BCUT2D eigenvalue weighted by Gasteiger charge is 2.28. The van der Waals surface area contributed by atoms with Gasteiger partial charge < -0.3 is 15.4 Å². The van der Waals surface area contributed by atoms with Gasteiger partial charge in [0.25, 0.3) is 0 Å². The third-order valence-corrected chi connectivity index (χ3v) is 4.31. The molecule has 0 bridgehead atoms. The third kappa shape index (κ3) is 5.85. The van der Waals surface area contributed by atoms with E-state index in [0.717, 1.165) is 17.0 Å². The van der Waals surface area contributed by atoms with E-state index in [-0.39, 0.29) is 12.3 Å². The SMILES string of the molecule is CN=C(NCCc1nnc2ccccn12)NCc1ccc(C)cc1OCC(F)(F)F. The van der Waals surface area contributed by atoms with Gasteiger partial charge in [-0.3, -0.25) is 9.39 Å². The van der Waals surface area contributed by atoms with Crippen LogP contribution < -0.4 is 15.4 Å². The van der Waals surface area contributed by atoms with E-state index in [2.05, 4.69) is 25.8 Å². The van der Waals surface area contributed by atoms with Crippen molar-refractivity contribution in [2.24, 2.45) is 4.99 Å². The van der Waals surface area contributed by atoms with E-state index in [9.17, 15) is 13.2 Å². The summed E-state index contributed by atoms with van der Waals surface area (Å²) in [6, 6.07) is 10.8. The number of aliphatic imine (C=N–C) groups is 1. The lowest BCUT2D eigenvalue weighted by molar-refractivity contribution is -0.153. The number of hydrogen-bond acceptors (Lipinski definition) is 4. The maximum Gasteiger partial charge on any atom is 0.422 e. The molecule has 2 aromatic heterocycles. The standard InChI is InChI=1S/C20H23F3N6O/c1-14-6-7-15(16(11-14)30-13-20(21,22)23)12-26-19(24-2)25-9-8-18-28-27-17-5-3-4-10-29(17)18/h3-7,10-11H,8-9,12-13H2,1-2H3,(H2,24,25,26). The highest BCUT2D eigenvalue weighted by atomic mass is 19.4. The number of hydrogen-bond donors (Lipinski definition) is 2. The molecule has 0 aliphatic heterocycles. The van der Waals surface area contributed by atoms with Crippen LogP contribution in [0.3, 0.4) is 0 Å². The zero-order valence-corrected chi connectivity index (χ0v) is 16.7. The van der Waals surface area contributed by atoms with Gasteiger partial charge in [0, 0.05) is 38.3 Å². The van der Waals surface area contributed by atoms with Crippen LogP contribution in [-0.2, 0) is 13.0 Å². The molecular weight excluding hydrogens is 397 g/mol. The summed E-state index contributed by atoms with van der Waals surface area (Å²) in [4.78, 5) is 4.15. The second kappa shape index (κ2) is 9.47. The van der Waals surface area contributed by atoms with Crippen LogP contribution >= 0.6 is 0 Å². The highest BCUT2D eigenvalue weighted by molar-refractivity contribution is 5.79. The lowest BCUT2D eigenvalue weighted by Gasteiger charge is -2.16. The van der Waals surface area contributed by atoms with Gasteiger partial charge in [-0.15, -0.1) is 10.2 Å². The van der Waals surface area contributed by atoms with E-state index < -0.39 is 12.8 Å². The van der Waals surface area contributed by atoms with Crippen molar-refractivity contribution in [3.63, 3.8) is 0 Å². The van der Waals surface area contributed by atoms with Crippen molar-refractivity contribution in [3.05, 3.63) is 59.5 Å². The van der Waals surface area contributed by atoms with E-state index >= 15 is 0 Å². The Hall–Kier alpha value is -3.30. The van der Waals surface area contributed by atoms with Crippen molar-refractivity contribution in [1.29, 1.82) is 0 Å². The largest absolute Gasteiger partial charge is 0.484 e. The number of halogens is 3. The molecule has 0 spiro atoms. The van der Waals surface area contributed by atoms with Gasteiger partial charge >= 0.3 is 6.18 Å². The van der Waals surface area contributed by atoms with Crippen LogP contribution in [0, 0.1) is 6.92 Å². The normalized spacial score (nSPS) is 12.2. The highest BCUT2D eigenvalue weighted by Crippen LogP contribution is 2.23. The molecule has 0 aliphatic carbocycles. The van der Waals surface area contributed by atoms with Crippen LogP contribution in [0.4, 0.5) is 13.2 Å². The zero-order valence-electron chi connectivity index (χ0n) is 16.7. The zero-order chi connectivity index (χ0) is 21.6. The van der Waals surface area contributed by atoms with Crippen LogP contribution in [0.5, 0.6) is 5.75 Å². The summed E-state index contributed by atoms with van der Waals surface area (Å²) >= 11 is 0. The smallest absolute Gasteiger partial charge is 0.422 e. The third-order valence-electron chi connectivity index (χ3n) is 4.31. The van der Waals surface area contributed by atoms with Gasteiger partial charge in [0.15, 0.2) is 18.2 Å². The molecule has 0 saturated carbocycles. The Labute approximate surface area is 172 Å². The van der Waals surface area contributed by atoms with Crippen LogP contribution in [0.2, 0.25) is 0 Å². The van der Waals surface area contributed by atoms with Crippen molar-refractivity contribution >= 4 is 11.6 Å². The summed E-state index contributed by atoms with van der Waals surface area (Å²) in [5.74, 6) is 1.53. The average Bonchev–Trinajstić information content (AvgIpc) is 3.12. The molecule has 2 N–H and O–H groups in total. The van der Waals surface area contributed by atoms with Crippen molar-refractivity contribution < 1.29 is 17.9 Å². The van der Waals surface area contributed by atoms with E-state index in [0.29, 0.717) is 24.5 Å². The van der Waals surface area contributed by atoms with Gasteiger partial charge in [-0.25, -0.2) is 0 Å². The predicted octanol–water partition coefficient (Wildman–Crippen LogP) is 2.89. The minimum atomic E-state index is -4.39. The molecule has 2 heterocycles. The number of benzene rings is 1. The molecule has 0 atom stereocenters. The van der Waals surface area contributed by atoms with E-state index in [1.807, 2.05) is 34.9 Å². The quantitative estimate of drug-likeness (QED) is 0.454. The average molecular weight is 420 g/mol. The number of nitrogens with zero attached hydrogens (tertiary/aromatic N) is 4. The maximum absolute atomic E-state index is 12.5. The Bertz CT molecular complexity index is 1020. The first-order chi connectivity index (χ1) is 14.4. The van der Waals surface area contributed by atoms with E-state index in [1.165, 1.54) is 0 Å². The fourth-order valence-corrected chi connectivity index (χ4v) is 2.86. The Morgan fingerprint density at radius 2 is 2.00 bits per heavy atom. The number of nitrogens with one attached hydrogen (secondary N) is 2. The molecule has 7 nitrogen and oxygen atoms in total. The van der Waals surface area contributed by atoms with Crippen molar-refractivity contribution in [2.75, 3.05) is 20.2 Å². The number of pyridine rings is 1. The number of aryl methyl sites for hydroxylation is 1. The van der Waals surface area contributed by atoms with Crippen LogP contribution in [0.1, 0.15) is 17.0 Å². The molecule has 0 unspecified atom stereocenters. The van der Waals surface area contributed by atoms with Gasteiger partial charge in [0.2, 0.25) is 0 Å². The fourth-order valence-electron chi connectivity index (χ4n) is 2.86. The molecule has 0 radical (unpaired) electrons. The summed E-state index contributed by atoms with van der Waals surface area (Å²) in [6.45, 7) is 1.29. The van der Waals surface area contributed by atoms with Crippen molar-refractivity contribution in [2.45, 2.75) is 26.1 Å². The predicted molar refractivity (Wildman–Crippen MR) is 108 cm³/mol. The Kier molecular flexibility index (Phi) is 6.76. The van der Waals surface area contributed by atoms with E-state index in [4.69, 9.17) is 4.74 Å². The fraction of sp³-hybridized carbons (Fsp3) is 0.350. The minimum Gasteiger partial charge on any atom is -0.484 e. The van der Waals surface area contributed by atoms with E-state index in [1.54, 1.807) is 26.1 Å². The first-order valence-electron chi connectivity index (χ1n) is 9.38. The number of rotatable bonds is 7. The Balaban J connectivity index is 1.55. The van der Waals surface area contributed by atoms with Gasteiger partial charge in [-0.2, -0.15) is 13.2 Å². The van der Waals surface area contributed by atoms with Crippen LogP contribution in [0.25, 0.3) is 5.65 Å². The summed E-state index contributed by atoms with van der Waals surface area (Å²) < 4.78 is 44.4. The monoisotopic (exact) mass is 420 g/mol. The van der Waals surface area contributed by atoms with Gasteiger partial charge in [-0.05, 0) is 30.7 Å². The number of ether oxygens (including phenoxy) is 1. The molecule has 0 amide bonds. The lowest BCUT2D eigenvalue weighted by atomic mass is 10.1. The summed E-state index contributed by atoms with van der Waals surface area (Å²) in [5, 5.41) is 14.5.